The first kappa shape index (κ1) is 14.9. The Bertz CT molecular complexity index is 739. The molecule has 23 heavy (non-hydrogen) atoms. The van der Waals surface area contributed by atoms with E-state index in [9.17, 15) is 9.18 Å². The summed E-state index contributed by atoms with van der Waals surface area (Å²) in [6.07, 6.45) is 6.34. The van der Waals surface area contributed by atoms with Crippen molar-refractivity contribution in [1.29, 1.82) is 0 Å². The zero-order valence-corrected chi connectivity index (χ0v) is 14.2. The first-order valence-electron chi connectivity index (χ1n) is 7.84. The van der Waals surface area contributed by atoms with E-state index in [4.69, 9.17) is 0 Å². The van der Waals surface area contributed by atoms with Gasteiger partial charge in [-0.15, -0.1) is 0 Å². The summed E-state index contributed by atoms with van der Waals surface area (Å²) in [6.45, 7) is 1.44. The molecule has 2 aliphatic rings. The van der Waals surface area contributed by atoms with Crippen LogP contribution in [0.15, 0.2) is 41.1 Å². The summed E-state index contributed by atoms with van der Waals surface area (Å²) in [5, 5.41) is 4.33. The summed E-state index contributed by atoms with van der Waals surface area (Å²) in [5.74, 6) is -0.0830. The van der Waals surface area contributed by atoms with Gasteiger partial charge in [0.05, 0.1) is 22.1 Å². The van der Waals surface area contributed by atoms with Gasteiger partial charge in [-0.1, -0.05) is 12.1 Å². The van der Waals surface area contributed by atoms with Gasteiger partial charge in [-0.3, -0.25) is 9.48 Å². The molecule has 2 heterocycles. The van der Waals surface area contributed by atoms with Crippen LogP contribution in [0, 0.1) is 5.82 Å². The highest BCUT2D eigenvalue weighted by atomic mass is 79.9. The molecule has 6 heteroatoms. The number of aromatic nitrogens is 2. The molecule has 4 rings (SSSR count). The number of hydrogen-bond acceptors (Lipinski definition) is 2. The summed E-state index contributed by atoms with van der Waals surface area (Å²) >= 11 is 3.41. The smallest absolute Gasteiger partial charge is 0.233 e. The van der Waals surface area contributed by atoms with Crippen LogP contribution in [0.25, 0.3) is 0 Å². The van der Waals surface area contributed by atoms with E-state index in [1.54, 1.807) is 18.3 Å². The fourth-order valence-corrected chi connectivity index (χ4v) is 3.78. The van der Waals surface area contributed by atoms with Gasteiger partial charge in [0, 0.05) is 19.3 Å². The number of nitrogens with zero attached hydrogens (tertiary/aromatic N) is 3. The quantitative estimate of drug-likeness (QED) is 0.822. The Morgan fingerprint density at radius 3 is 2.65 bits per heavy atom. The molecule has 1 aromatic heterocycles. The van der Waals surface area contributed by atoms with E-state index in [1.165, 1.54) is 12.1 Å². The zero-order valence-electron chi connectivity index (χ0n) is 12.6. The maximum atomic E-state index is 13.1. The van der Waals surface area contributed by atoms with Crippen LogP contribution in [0.4, 0.5) is 4.39 Å². The molecule has 1 aromatic carbocycles. The van der Waals surface area contributed by atoms with E-state index < -0.39 is 5.41 Å². The Morgan fingerprint density at radius 2 is 2.04 bits per heavy atom. The second-order valence-corrected chi connectivity index (χ2v) is 7.34. The van der Waals surface area contributed by atoms with Crippen LogP contribution in [0.5, 0.6) is 0 Å². The summed E-state index contributed by atoms with van der Waals surface area (Å²) in [4.78, 5) is 14.9. The number of likely N-dealkylation sites (tertiary alicyclic amines) is 1. The molecule has 120 valence electrons. The standard InChI is InChI=1S/C17H17BrFN3O/c18-13-9-20-22(10-13)15-5-8-21(11-15)16(23)17(6-7-17)12-1-3-14(19)4-2-12/h1-4,9-10,15H,5-8,11H2. The van der Waals surface area contributed by atoms with E-state index in [0.717, 1.165) is 35.8 Å². The van der Waals surface area contributed by atoms with Crippen molar-refractivity contribution in [2.45, 2.75) is 30.7 Å². The third kappa shape index (κ3) is 2.59. The lowest BCUT2D eigenvalue weighted by Crippen LogP contribution is -2.38. The third-order valence-electron chi connectivity index (χ3n) is 4.95. The van der Waals surface area contributed by atoms with E-state index in [-0.39, 0.29) is 17.8 Å². The number of carbonyl (C=O) groups excluding carboxylic acids is 1. The van der Waals surface area contributed by atoms with Crippen LogP contribution in [0.2, 0.25) is 0 Å². The second kappa shape index (κ2) is 5.44. The molecule has 1 amide bonds. The molecule has 0 spiro atoms. The number of carbonyl (C=O) groups is 1. The minimum absolute atomic E-state index is 0.179. The summed E-state index contributed by atoms with van der Waals surface area (Å²) < 4.78 is 16.0. The molecule has 1 unspecified atom stereocenters. The Balaban J connectivity index is 1.50. The fourth-order valence-electron chi connectivity index (χ4n) is 3.48. The molecule has 4 nitrogen and oxygen atoms in total. The number of amides is 1. The molecule has 1 aliphatic heterocycles. The van der Waals surface area contributed by atoms with Crippen LogP contribution in [0.1, 0.15) is 30.9 Å². The minimum Gasteiger partial charge on any atom is -0.340 e. The van der Waals surface area contributed by atoms with Crippen LogP contribution >= 0.6 is 15.9 Å². The third-order valence-corrected chi connectivity index (χ3v) is 5.36. The summed E-state index contributed by atoms with van der Waals surface area (Å²) in [7, 11) is 0. The van der Waals surface area contributed by atoms with Crippen LogP contribution in [-0.4, -0.2) is 33.7 Å². The molecule has 1 saturated heterocycles. The van der Waals surface area contributed by atoms with E-state index >= 15 is 0 Å². The molecule has 1 saturated carbocycles. The van der Waals surface area contributed by atoms with E-state index in [2.05, 4.69) is 21.0 Å². The first-order chi connectivity index (χ1) is 11.1. The highest BCUT2D eigenvalue weighted by Gasteiger charge is 2.53. The lowest BCUT2D eigenvalue weighted by Gasteiger charge is -2.23. The van der Waals surface area contributed by atoms with Crippen LogP contribution < -0.4 is 0 Å². The van der Waals surface area contributed by atoms with Gasteiger partial charge in [0.2, 0.25) is 5.91 Å². The van der Waals surface area contributed by atoms with Gasteiger partial charge in [0.15, 0.2) is 0 Å². The largest absolute Gasteiger partial charge is 0.340 e. The maximum absolute atomic E-state index is 13.1. The van der Waals surface area contributed by atoms with Crippen molar-refractivity contribution in [3.8, 4) is 0 Å². The van der Waals surface area contributed by atoms with Crippen molar-refractivity contribution in [1.82, 2.24) is 14.7 Å². The lowest BCUT2D eigenvalue weighted by atomic mass is 9.94. The zero-order chi connectivity index (χ0) is 16.0. The van der Waals surface area contributed by atoms with Crippen LogP contribution in [0.3, 0.4) is 0 Å². The van der Waals surface area contributed by atoms with Gasteiger partial charge in [0.25, 0.3) is 0 Å². The van der Waals surface area contributed by atoms with Crippen molar-refractivity contribution in [3.05, 3.63) is 52.5 Å². The van der Waals surface area contributed by atoms with Crippen molar-refractivity contribution >= 4 is 21.8 Å². The number of rotatable bonds is 3. The number of halogens is 2. The van der Waals surface area contributed by atoms with Crippen molar-refractivity contribution < 1.29 is 9.18 Å². The molecule has 2 fully saturated rings. The molecule has 0 radical (unpaired) electrons. The molecule has 0 bridgehead atoms. The molecule has 0 N–H and O–H groups in total. The highest BCUT2D eigenvalue weighted by Crippen LogP contribution is 2.50. The van der Waals surface area contributed by atoms with Gasteiger partial charge < -0.3 is 4.90 Å². The predicted molar refractivity (Wildman–Crippen MR) is 87.5 cm³/mol. The van der Waals surface area contributed by atoms with Crippen molar-refractivity contribution in [3.63, 3.8) is 0 Å². The van der Waals surface area contributed by atoms with Gasteiger partial charge in [0.1, 0.15) is 5.82 Å². The van der Waals surface area contributed by atoms with E-state index in [1.807, 2.05) is 15.8 Å². The van der Waals surface area contributed by atoms with Gasteiger partial charge in [-0.25, -0.2) is 4.39 Å². The topological polar surface area (TPSA) is 38.1 Å². The number of benzene rings is 1. The Hall–Kier alpha value is -1.69. The SMILES string of the molecule is O=C(N1CCC(n2cc(Br)cn2)C1)C1(c2ccc(F)cc2)CC1. The summed E-state index contributed by atoms with van der Waals surface area (Å²) in [6, 6.07) is 6.61. The minimum atomic E-state index is -0.423. The molecular formula is C17H17BrFN3O. The molecule has 1 atom stereocenters. The van der Waals surface area contributed by atoms with Crippen molar-refractivity contribution in [2.75, 3.05) is 13.1 Å². The average Bonchev–Trinajstić information content (AvgIpc) is 3.00. The normalized spacial score (nSPS) is 22.3. The maximum Gasteiger partial charge on any atom is 0.233 e. The Kier molecular flexibility index (Phi) is 3.52. The molecule has 2 aromatic rings. The van der Waals surface area contributed by atoms with Gasteiger partial charge >= 0.3 is 0 Å². The molecule has 1 aliphatic carbocycles. The predicted octanol–water partition coefficient (Wildman–Crippen LogP) is 3.29. The Morgan fingerprint density at radius 1 is 1.30 bits per heavy atom. The van der Waals surface area contributed by atoms with Gasteiger partial charge in [-0.05, 0) is 52.9 Å². The average molecular weight is 378 g/mol. The number of hydrogen-bond donors (Lipinski definition) is 0. The Labute approximate surface area is 142 Å². The molecular weight excluding hydrogens is 361 g/mol. The van der Waals surface area contributed by atoms with Gasteiger partial charge in [-0.2, -0.15) is 5.10 Å². The second-order valence-electron chi connectivity index (χ2n) is 6.42. The van der Waals surface area contributed by atoms with Crippen molar-refractivity contribution in [2.24, 2.45) is 0 Å². The lowest BCUT2D eigenvalue weighted by molar-refractivity contribution is -0.133. The van der Waals surface area contributed by atoms with E-state index in [0.29, 0.717) is 6.54 Å². The highest BCUT2D eigenvalue weighted by molar-refractivity contribution is 9.10. The van der Waals surface area contributed by atoms with Crippen LogP contribution in [-0.2, 0) is 10.2 Å². The first-order valence-corrected chi connectivity index (χ1v) is 8.63. The fraction of sp³-hybridized carbons (Fsp3) is 0.412. The monoisotopic (exact) mass is 377 g/mol. The summed E-state index contributed by atoms with van der Waals surface area (Å²) in [5.41, 5.74) is 0.516.